The lowest BCUT2D eigenvalue weighted by Gasteiger charge is -2.25. The Balaban J connectivity index is 1.84. The number of nitrogens with one attached hydrogen (secondary N) is 1. The van der Waals surface area contributed by atoms with Gasteiger partial charge >= 0.3 is 5.97 Å². The molecule has 0 aliphatic heterocycles. The van der Waals surface area contributed by atoms with Crippen molar-refractivity contribution in [3.05, 3.63) is 53.4 Å². The Hall–Kier alpha value is -2.14. The van der Waals surface area contributed by atoms with E-state index >= 15 is 0 Å². The summed E-state index contributed by atoms with van der Waals surface area (Å²) in [6, 6.07) is 11.8. The molecular weight excluding hydrogens is 268 g/mol. The van der Waals surface area contributed by atoms with E-state index in [4.69, 9.17) is 9.63 Å². The summed E-state index contributed by atoms with van der Waals surface area (Å²) in [6.45, 7) is 4.69. The van der Waals surface area contributed by atoms with E-state index in [9.17, 15) is 4.79 Å². The SMILES string of the molecule is CC(C)(CCc1ccccc1)NCc1cc(C(=O)O)no1. The van der Waals surface area contributed by atoms with Crippen molar-refractivity contribution >= 4 is 5.97 Å². The highest BCUT2D eigenvalue weighted by molar-refractivity contribution is 5.85. The molecule has 0 saturated heterocycles. The summed E-state index contributed by atoms with van der Waals surface area (Å²) in [6.07, 6.45) is 1.95. The van der Waals surface area contributed by atoms with E-state index in [0.717, 1.165) is 12.8 Å². The van der Waals surface area contributed by atoms with Gasteiger partial charge in [0.2, 0.25) is 0 Å². The topological polar surface area (TPSA) is 75.4 Å². The van der Waals surface area contributed by atoms with Gasteiger partial charge in [-0.1, -0.05) is 35.5 Å². The third kappa shape index (κ3) is 4.72. The van der Waals surface area contributed by atoms with Crippen molar-refractivity contribution in [1.82, 2.24) is 10.5 Å². The average Bonchev–Trinajstić information content (AvgIpc) is 2.94. The minimum Gasteiger partial charge on any atom is -0.476 e. The van der Waals surface area contributed by atoms with Crippen molar-refractivity contribution < 1.29 is 14.4 Å². The number of carboxylic acid groups (broad SMARTS) is 1. The van der Waals surface area contributed by atoms with Crippen molar-refractivity contribution in [2.75, 3.05) is 0 Å². The molecule has 2 rings (SSSR count). The molecule has 1 aromatic carbocycles. The fourth-order valence-corrected chi connectivity index (χ4v) is 2.01. The number of carboxylic acids is 1. The largest absolute Gasteiger partial charge is 0.476 e. The van der Waals surface area contributed by atoms with Crippen LogP contribution in [-0.2, 0) is 13.0 Å². The van der Waals surface area contributed by atoms with E-state index in [1.807, 2.05) is 18.2 Å². The summed E-state index contributed by atoms with van der Waals surface area (Å²) < 4.78 is 4.99. The molecular formula is C16H20N2O3. The smallest absolute Gasteiger partial charge is 0.358 e. The summed E-state index contributed by atoms with van der Waals surface area (Å²) in [7, 11) is 0. The molecule has 0 spiro atoms. The van der Waals surface area contributed by atoms with Gasteiger partial charge in [0.25, 0.3) is 0 Å². The van der Waals surface area contributed by atoms with Crippen LogP contribution < -0.4 is 5.32 Å². The highest BCUT2D eigenvalue weighted by Crippen LogP contribution is 2.15. The highest BCUT2D eigenvalue weighted by atomic mass is 16.5. The first kappa shape index (κ1) is 15.3. The molecule has 0 bridgehead atoms. The van der Waals surface area contributed by atoms with Crippen LogP contribution in [0.2, 0.25) is 0 Å². The van der Waals surface area contributed by atoms with Crippen molar-refractivity contribution in [3.8, 4) is 0 Å². The fourth-order valence-electron chi connectivity index (χ4n) is 2.01. The van der Waals surface area contributed by atoms with Crippen LogP contribution in [0.3, 0.4) is 0 Å². The molecule has 5 heteroatoms. The second-order valence-electron chi connectivity index (χ2n) is 5.71. The second-order valence-corrected chi connectivity index (χ2v) is 5.71. The number of aryl methyl sites for hydroxylation is 1. The Labute approximate surface area is 124 Å². The van der Waals surface area contributed by atoms with E-state index in [2.05, 4.69) is 36.5 Å². The van der Waals surface area contributed by atoms with Gasteiger partial charge in [-0.05, 0) is 32.3 Å². The zero-order valence-electron chi connectivity index (χ0n) is 12.3. The number of aromatic nitrogens is 1. The van der Waals surface area contributed by atoms with Crippen LogP contribution in [0.1, 0.15) is 42.1 Å². The van der Waals surface area contributed by atoms with Gasteiger partial charge in [-0.3, -0.25) is 0 Å². The Morgan fingerprint density at radius 3 is 2.67 bits per heavy atom. The van der Waals surface area contributed by atoms with Crippen LogP contribution in [0.4, 0.5) is 0 Å². The average molecular weight is 288 g/mol. The van der Waals surface area contributed by atoms with E-state index in [0.29, 0.717) is 12.3 Å². The summed E-state index contributed by atoms with van der Waals surface area (Å²) in [5.41, 5.74) is 1.17. The normalized spacial score (nSPS) is 11.5. The zero-order valence-corrected chi connectivity index (χ0v) is 12.3. The maximum Gasteiger partial charge on any atom is 0.358 e. The van der Waals surface area contributed by atoms with Crippen molar-refractivity contribution in [3.63, 3.8) is 0 Å². The summed E-state index contributed by atoms with van der Waals surface area (Å²) in [4.78, 5) is 10.7. The number of carbonyl (C=O) groups is 1. The number of aromatic carboxylic acids is 1. The molecule has 2 aromatic rings. The quantitative estimate of drug-likeness (QED) is 0.819. The van der Waals surface area contributed by atoms with Crippen LogP contribution in [0.5, 0.6) is 0 Å². The number of rotatable bonds is 7. The predicted molar refractivity (Wildman–Crippen MR) is 79.1 cm³/mol. The van der Waals surface area contributed by atoms with Crippen molar-refractivity contribution in [1.29, 1.82) is 0 Å². The van der Waals surface area contributed by atoms with E-state index in [-0.39, 0.29) is 11.2 Å². The molecule has 0 atom stereocenters. The first-order valence-corrected chi connectivity index (χ1v) is 6.94. The molecule has 112 valence electrons. The molecule has 21 heavy (non-hydrogen) atoms. The molecule has 0 amide bonds. The van der Waals surface area contributed by atoms with Crippen LogP contribution in [0, 0.1) is 0 Å². The lowest BCUT2D eigenvalue weighted by molar-refractivity contribution is 0.0685. The first-order chi connectivity index (χ1) is 9.96. The molecule has 5 nitrogen and oxygen atoms in total. The molecule has 2 N–H and O–H groups in total. The summed E-state index contributed by atoms with van der Waals surface area (Å²) in [5.74, 6) is -0.548. The third-order valence-electron chi connectivity index (χ3n) is 3.40. The van der Waals surface area contributed by atoms with E-state index < -0.39 is 5.97 Å². The molecule has 0 fully saturated rings. The maximum atomic E-state index is 10.7. The van der Waals surface area contributed by atoms with Crippen LogP contribution in [-0.4, -0.2) is 21.8 Å². The number of nitrogens with zero attached hydrogens (tertiary/aromatic N) is 1. The predicted octanol–water partition coefficient (Wildman–Crippen LogP) is 2.87. The van der Waals surface area contributed by atoms with Gasteiger partial charge in [0.15, 0.2) is 11.5 Å². The minimum absolute atomic E-state index is 0.0612. The van der Waals surface area contributed by atoms with Crippen LogP contribution >= 0.6 is 0 Å². The Morgan fingerprint density at radius 2 is 2.05 bits per heavy atom. The molecule has 0 radical (unpaired) electrons. The van der Waals surface area contributed by atoms with Gasteiger partial charge in [-0.2, -0.15) is 0 Å². The van der Waals surface area contributed by atoms with E-state index in [1.165, 1.54) is 11.6 Å². The molecule has 0 saturated carbocycles. The van der Waals surface area contributed by atoms with Gasteiger partial charge in [-0.15, -0.1) is 0 Å². The van der Waals surface area contributed by atoms with Crippen LogP contribution in [0.15, 0.2) is 40.9 Å². The number of hydrogen-bond donors (Lipinski definition) is 2. The third-order valence-corrected chi connectivity index (χ3v) is 3.40. The molecule has 0 aliphatic carbocycles. The molecule has 1 heterocycles. The Kier molecular flexibility index (Phi) is 4.75. The monoisotopic (exact) mass is 288 g/mol. The van der Waals surface area contributed by atoms with E-state index in [1.54, 1.807) is 0 Å². The van der Waals surface area contributed by atoms with Gasteiger partial charge in [0.1, 0.15) is 0 Å². The maximum absolute atomic E-state index is 10.7. The van der Waals surface area contributed by atoms with Gasteiger partial charge in [0, 0.05) is 11.6 Å². The van der Waals surface area contributed by atoms with Gasteiger partial charge in [-0.25, -0.2) is 4.79 Å². The summed E-state index contributed by atoms with van der Waals surface area (Å²) >= 11 is 0. The number of hydrogen-bond acceptors (Lipinski definition) is 4. The van der Waals surface area contributed by atoms with Gasteiger partial charge in [0.05, 0.1) is 6.54 Å². The number of benzene rings is 1. The highest BCUT2D eigenvalue weighted by Gasteiger charge is 2.18. The first-order valence-electron chi connectivity index (χ1n) is 6.94. The minimum atomic E-state index is -1.08. The standard InChI is InChI=1S/C16H20N2O3/c1-16(2,9-8-12-6-4-3-5-7-12)17-11-13-10-14(15(19)20)18-21-13/h3-7,10,17H,8-9,11H2,1-2H3,(H,19,20). The fraction of sp³-hybridized carbons (Fsp3) is 0.375. The summed E-state index contributed by atoms with van der Waals surface area (Å²) in [5, 5.41) is 15.7. The lowest BCUT2D eigenvalue weighted by Crippen LogP contribution is -2.39. The Morgan fingerprint density at radius 1 is 1.33 bits per heavy atom. The van der Waals surface area contributed by atoms with Crippen LogP contribution in [0.25, 0.3) is 0 Å². The second kappa shape index (κ2) is 6.54. The Bertz CT molecular complexity index is 591. The van der Waals surface area contributed by atoms with Gasteiger partial charge < -0.3 is 14.9 Å². The van der Waals surface area contributed by atoms with Crippen molar-refractivity contribution in [2.24, 2.45) is 0 Å². The zero-order chi connectivity index (χ0) is 15.3. The molecule has 1 aromatic heterocycles. The van der Waals surface area contributed by atoms with Crippen molar-refractivity contribution in [2.45, 2.75) is 38.8 Å². The molecule has 0 aliphatic rings. The molecule has 0 unspecified atom stereocenters. The lowest BCUT2D eigenvalue weighted by atomic mass is 9.95.